The van der Waals surface area contributed by atoms with Gasteiger partial charge < -0.3 is 16.3 Å². The lowest BCUT2D eigenvalue weighted by atomic mass is 9.97. The number of benzene rings is 1. The van der Waals surface area contributed by atoms with Gasteiger partial charge >= 0.3 is 0 Å². The third-order valence-corrected chi connectivity index (χ3v) is 3.55. The molecule has 0 spiro atoms. The van der Waals surface area contributed by atoms with E-state index in [2.05, 4.69) is 10.5 Å². The number of rotatable bonds is 5. The van der Waals surface area contributed by atoms with Gasteiger partial charge in [0.15, 0.2) is 5.84 Å². The molecular weight excluding hydrogens is 285 g/mol. The number of nitrogens with one attached hydrogen (secondary N) is 1. The zero-order valence-electron chi connectivity index (χ0n) is 11.3. The average molecular weight is 302 g/mol. The molecule has 5 nitrogen and oxygen atoms in total. The SMILES string of the molecule is CCC(C)(NC(=O)Cc1c(F)cccc1Cl)/C(N)=N/O. The maximum Gasteiger partial charge on any atom is 0.225 e. The molecule has 0 bridgehead atoms. The Morgan fingerprint density at radius 2 is 2.25 bits per heavy atom. The molecule has 1 atom stereocenters. The molecule has 0 saturated heterocycles. The minimum absolute atomic E-state index is 0.115. The molecule has 20 heavy (non-hydrogen) atoms. The molecular formula is C13H17ClFN3O2. The maximum absolute atomic E-state index is 13.6. The van der Waals surface area contributed by atoms with E-state index in [-0.39, 0.29) is 22.8 Å². The van der Waals surface area contributed by atoms with E-state index >= 15 is 0 Å². The molecule has 0 aromatic heterocycles. The lowest BCUT2D eigenvalue weighted by molar-refractivity contribution is -0.121. The van der Waals surface area contributed by atoms with Crippen LogP contribution in [0.1, 0.15) is 25.8 Å². The van der Waals surface area contributed by atoms with Gasteiger partial charge in [-0.15, -0.1) is 0 Å². The second-order valence-corrected chi connectivity index (χ2v) is 5.00. The minimum atomic E-state index is -0.996. The first-order chi connectivity index (χ1) is 9.34. The summed E-state index contributed by atoms with van der Waals surface area (Å²) in [5.41, 5.74) is 4.67. The molecule has 0 aliphatic rings. The Kier molecular flexibility index (Phi) is 5.33. The molecule has 0 radical (unpaired) electrons. The molecule has 110 valence electrons. The lowest BCUT2D eigenvalue weighted by Crippen LogP contribution is -2.55. The summed E-state index contributed by atoms with van der Waals surface area (Å²) in [5, 5.41) is 14.4. The highest BCUT2D eigenvalue weighted by Gasteiger charge is 2.29. The number of amides is 1. The lowest BCUT2D eigenvalue weighted by Gasteiger charge is -2.28. The van der Waals surface area contributed by atoms with Gasteiger partial charge in [0.25, 0.3) is 0 Å². The van der Waals surface area contributed by atoms with Crippen LogP contribution in [-0.4, -0.2) is 22.5 Å². The van der Waals surface area contributed by atoms with Gasteiger partial charge in [-0.05, 0) is 25.5 Å². The van der Waals surface area contributed by atoms with Crippen LogP contribution >= 0.6 is 11.6 Å². The molecule has 0 fully saturated rings. The van der Waals surface area contributed by atoms with E-state index in [0.717, 1.165) is 0 Å². The number of carbonyl (C=O) groups is 1. The van der Waals surface area contributed by atoms with E-state index in [1.807, 2.05) is 0 Å². The Morgan fingerprint density at radius 3 is 2.75 bits per heavy atom. The quantitative estimate of drug-likeness (QED) is 0.337. The van der Waals surface area contributed by atoms with Crippen LogP contribution < -0.4 is 11.1 Å². The van der Waals surface area contributed by atoms with Crippen molar-refractivity contribution in [2.45, 2.75) is 32.2 Å². The molecule has 1 rings (SSSR count). The first kappa shape index (κ1) is 16.2. The highest BCUT2D eigenvalue weighted by molar-refractivity contribution is 6.31. The molecule has 0 heterocycles. The van der Waals surface area contributed by atoms with Gasteiger partial charge in [0.05, 0.1) is 12.0 Å². The van der Waals surface area contributed by atoms with E-state index in [0.29, 0.717) is 6.42 Å². The van der Waals surface area contributed by atoms with E-state index in [1.165, 1.54) is 18.2 Å². The van der Waals surface area contributed by atoms with Crippen LogP contribution in [0.25, 0.3) is 0 Å². The summed E-state index contributed by atoms with van der Waals surface area (Å²) in [6.07, 6.45) is 0.194. The van der Waals surface area contributed by atoms with Gasteiger partial charge in [0.1, 0.15) is 5.82 Å². The van der Waals surface area contributed by atoms with Crippen molar-refractivity contribution in [2.24, 2.45) is 10.9 Å². The predicted molar refractivity (Wildman–Crippen MR) is 75.4 cm³/mol. The number of oxime groups is 1. The van der Waals surface area contributed by atoms with E-state index in [9.17, 15) is 9.18 Å². The van der Waals surface area contributed by atoms with Crippen LogP contribution in [0.2, 0.25) is 5.02 Å². The first-order valence-corrected chi connectivity index (χ1v) is 6.43. The molecule has 1 aromatic rings. The number of carbonyl (C=O) groups excluding carboxylic acids is 1. The Morgan fingerprint density at radius 1 is 1.60 bits per heavy atom. The fourth-order valence-corrected chi connectivity index (χ4v) is 1.89. The molecule has 0 aliphatic carbocycles. The largest absolute Gasteiger partial charge is 0.409 e. The van der Waals surface area contributed by atoms with Crippen LogP contribution in [0, 0.1) is 5.82 Å². The van der Waals surface area contributed by atoms with Crippen LogP contribution in [-0.2, 0) is 11.2 Å². The van der Waals surface area contributed by atoms with E-state index in [4.69, 9.17) is 22.5 Å². The third-order valence-electron chi connectivity index (χ3n) is 3.19. The van der Waals surface area contributed by atoms with Crippen LogP contribution in [0.5, 0.6) is 0 Å². The van der Waals surface area contributed by atoms with Crippen molar-refractivity contribution in [1.29, 1.82) is 0 Å². The summed E-state index contributed by atoms with van der Waals surface area (Å²) >= 11 is 5.86. The predicted octanol–water partition coefficient (Wildman–Crippen LogP) is 2.05. The number of nitrogens with zero attached hydrogens (tertiary/aromatic N) is 1. The Balaban J connectivity index is 2.87. The van der Waals surface area contributed by atoms with E-state index < -0.39 is 17.3 Å². The van der Waals surface area contributed by atoms with Crippen molar-refractivity contribution in [2.75, 3.05) is 0 Å². The smallest absolute Gasteiger partial charge is 0.225 e. The van der Waals surface area contributed by atoms with Crippen molar-refractivity contribution in [3.05, 3.63) is 34.6 Å². The summed E-state index contributed by atoms with van der Waals surface area (Å²) in [6, 6.07) is 4.21. The Labute approximate surface area is 121 Å². The van der Waals surface area contributed by atoms with Crippen LogP contribution in [0.4, 0.5) is 4.39 Å². The average Bonchev–Trinajstić information content (AvgIpc) is 2.41. The molecule has 1 unspecified atom stereocenters. The van der Waals surface area contributed by atoms with Gasteiger partial charge in [-0.25, -0.2) is 4.39 Å². The number of amidine groups is 1. The summed E-state index contributed by atoms with van der Waals surface area (Å²) in [5.74, 6) is -1.13. The van der Waals surface area contributed by atoms with Crippen LogP contribution in [0.3, 0.4) is 0 Å². The molecule has 7 heteroatoms. The van der Waals surface area contributed by atoms with Crippen molar-refractivity contribution in [3.8, 4) is 0 Å². The van der Waals surface area contributed by atoms with Crippen molar-refractivity contribution < 1.29 is 14.4 Å². The highest BCUT2D eigenvalue weighted by Crippen LogP contribution is 2.20. The van der Waals surface area contributed by atoms with Gasteiger partial charge in [-0.1, -0.05) is 29.7 Å². The monoisotopic (exact) mass is 301 g/mol. The summed E-state index contributed by atoms with van der Waals surface area (Å²) in [7, 11) is 0. The first-order valence-electron chi connectivity index (χ1n) is 6.06. The van der Waals surface area contributed by atoms with Gasteiger partial charge in [0.2, 0.25) is 5.91 Å². The van der Waals surface area contributed by atoms with Gasteiger partial charge in [-0.3, -0.25) is 4.79 Å². The molecule has 0 saturated carbocycles. The fraction of sp³-hybridized carbons (Fsp3) is 0.385. The zero-order chi connectivity index (χ0) is 15.3. The molecule has 1 amide bonds. The molecule has 4 N–H and O–H groups in total. The third kappa shape index (κ3) is 3.60. The highest BCUT2D eigenvalue weighted by atomic mass is 35.5. The van der Waals surface area contributed by atoms with Gasteiger partial charge in [0, 0.05) is 10.6 Å². The number of hydrogen-bond donors (Lipinski definition) is 3. The Hall–Kier alpha value is -1.82. The number of halogens is 2. The molecule has 1 aromatic carbocycles. The molecule has 0 aliphatic heterocycles. The number of hydrogen-bond acceptors (Lipinski definition) is 3. The summed E-state index contributed by atoms with van der Waals surface area (Å²) < 4.78 is 13.6. The second kappa shape index (κ2) is 6.56. The maximum atomic E-state index is 13.6. The Bertz CT molecular complexity index is 516. The van der Waals surface area contributed by atoms with Crippen molar-refractivity contribution in [1.82, 2.24) is 5.32 Å². The van der Waals surface area contributed by atoms with Crippen LogP contribution in [0.15, 0.2) is 23.4 Å². The van der Waals surface area contributed by atoms with Crippen molar-refractivity contribution in [3.63, 3.8) is 0 Å². The zero-order valence-corrected chi connectivity index (χ0v) is 12.0. The van der Waals surface area contributed by atoms with Gasteiger partial charge in [-0.2, -0.15) is 0 Å². The van der Waals surface area contributed by atoms with Crippen molar-refractivity contribution >= 4 is 23.3 Å². The number of nitrogens with two attached hydrogens (primary N) is 1. The minimum Gasteiger partial charge on any atom is -0.409 e. The topological polar surface area (TPSA) is 87.7 Å². The van der Waals surface area contributed by atoms with E-state index in [1.54, 1.807) is 13.8 Å². The normalized spacial score (nSPS) is 14.7. The summed E-state index contributed by atoms with van der Waals surface area (Å²) in [6.45, 7) is 3.39. The second-order valence-electron chi connectivity index (χ2n) is 4.60. The fourth-order valence-electron chi connectivity index (χ4n) is 1.66. The standard InChI is InChI=1S/C13H17ClFN3O2/c1-3-13(2,12(16)18-20)17-11(19)7-8-9(14)5-4-6-10(8)15/h4-6,20H,3,7H2,1-2H3,(H2,16,18)(H,17,19). The summed E-state index contributed by atoms with van der Waals surface area (Å²) in [4.78, 5) is 12.0.